The fraction of sp³-hybridized carbons (Fsp3) is 0.182. The van der Waals surface area contributed by atoms with Gasteiger partial charge in [-0.15, -0.1) is 0 Å². The zero-order valence-corrected chi connectivity index (χ0v) is 19.8. The zero-order valence-electron chi connectivity index (χ0n) is 17.7. The van der Waals surface area contributed by atoms with Gasteiger partial charge in [-0.1, -0.05) is 41.6 Å². The van der Waals surface area contributed by atoms with E-state index in [4.69, 9.17) is 4.98 Å². The molecule has 0 aliphatic rings. The number of fused-ring (bicyclic) bond motifs is 2. The summed E-state index contributed by atoms with van der Waals surface area (Å²) < 4.78 is 2.21. The second kappa shape index (κ2) is 9.10. The van der Waals surface area contributed by atoms with Crippen LogP contribution in [0.5, 0.6) is 0 Å². The van der Waals surface area contributed by atoms with Crippen LogP contribution < -0.4 is 16.3 Å². The van der Waals surface area contributed by atoms with E-state index in [0.717, 1.165) is 11.3 Å². The molecular formula is C22H20IN9O. The second-order valence-electron chi connectivity index (χ2n) is 7.33. The van der Waals surface area contributed by atoms with E-state index in [-0.39, 0.29) is 11.6 Å². The number of benzene rings is 1. The minimum absolute atomic E-state index is 0.160. The van der Waals surface area contributed by atoms with Crippen LogP contribution in [-0.4, -0.2) is 34.6 Å². The number of aromatic nitrogens is 7. The largest absolute Gasteiger partial charge is 0.358 e. The molecule has 0 fully saturated rings. The molecule has 1 atom stereocenters. The number of hydrogen-bond acceptors (Lipinski definition) is 8. The molecule has 11 heteroatoms. The molecule has 10 nitrogen and oxygen atoms in total. The monoisotopic (exact) mass is 553 g/mol. The van der Waals surface area contributed by atoms with E-state index in [2.05, 4.69) is 58.3 Å². The third kappa shape index (κ3) is 3.99. The standard InChI is InChI=1S/C22H20IN9O/c1-2-15(29-20-18-19(26-11-25-18)27-12-28-20)21-30-16-5-3-4-13(10-23)17(16)22(33)32(21)31-14-6-8-24-9-7-14/h3-9,11-12,15H,2,10H2,1H3,(H,24,31)(H2,25,26,27,28,29)/t15-/m0/s1. The highest BCUT2D eigenvalue weighted by molar-refractivity contribution is 14.1. The van der Waals surface area contributed by atoms with Gasteiger partial charge < -0.3 is 10.3 Å². The maximum atomic E-state index is 13.7. The number of halogens is 1. The SMILES string of the molecule is CC[C@H](Nc1ncnc2[nH]cnc12)c1nc2cccc(CI)c2c(=O)n1Nc1ccncc1. The zero-order chi connectivity index (χ0) is 22.8. The summed E-state index contributed by atoms with van der Waals surface area (Å²) in [6, 6.07) is 9.04. The summed E-state index contributed by atoms with van der Waals surface area (Å²) >= 11 is 2.26. The topological polar surface area (TPSA) is 126 Å². The Morgan fingerprint density at radius 1 is 1.15 bits per heavy atom. The van der Waals surface area contributed by atoms with Gasteiger partial charge in [0.25, 0.3) is 5.56 Å². The molecule has 4 heterocycles. The molecule has 0 aliphatic carbocycles. The number of alkyl halides is 1. The fourth-order valence-corrected chi connectivity index (χ4v) is 4.34. The molecule has 0 saturated carbocycles. The van der Waals surface area contributed by atoms with E-state index in [9.17, 15) is 4.79 Å². The van der Waals surface area contributed by atoms with Crippen molar-refractivity contribution >= 4 is 56.2 Å². The summed E-state index contributed by atoms with van der Waals surface area (Å²) in [7, 11) is 0. The predicted octanol–water partition coefficient (Wildman–Crippen LogP) is 3.83. The van der Waals surface area contributed by atoms with Crippen molar-refractivity contribution in [3.8, 4) is 0 Å². The summed E-state index contributed by atoms with van der Waals surface area (Å²) in [4.78, 5) is 38.6. The summed E-state index contributed by atoms with van der Waals surface area (Å²) in [5, 5.41) is 4.01. The number of aromatic amines is 1. The second-order valence-corrected chi connectivity index (χ2v) is 8.09. The van der Waals surface area contributed by atoms with Crippen LogP contribution in [0.4, 0.5) is 11.5 Å². The van der Waals surface area contributed by atoms with Crippen molar-refractivity contribution in [1.29, 1.82) is 0 Å². The van der Waals surface area contributed by atoms with Crippen molar-refractivity contribution in [2.24, 2.45) is 0 Å². The van der Waals surface area contributed by atoms with Gasteiger partial charge in [-0.2, -0.15) is 0 Å². The van der Waals surface area contributed by atoms with Gasteiger partial charge in [-0.25, -0.2) is 24.6 Å². The fourth-order valence-electron chi connectivity index (χ4n) is 3.71. The third-order valence-corrected chi connectivity index (χ3v) is 6.14. The van der Waals surface area contributed by atoms with Crippen LogP contribution in [-0.2, 0) is 4.43 Å². The van der Waals surface area contributed by atoms with Gasteiger partial charge in [0, 0.05) is 16.8 Å². The predicted molar refractivity (Wildman–Crippen MR) is 135 cm³/mol. The molecule has 5 aromatic rings. The Bertz CT molecular complexity index is 1480. The number of imidazole rings is 1. The molecule has 166 valence electrons. The van der Waals surface area contributed by atoms with Crippen LogP contribution in [0.15, 0.2) is 60.2 Å². The highest BCUT2D eigenvalue weighted by Crippen LogP contribution is 2.25. The van der Waals surface area contributed by atoms with Crippen LogP contribution in [0.2, 0.25) is 0 Å². The van der Waals surface area contributed by atoms with Gasteiger partial charge in [0.05, 0.1) is 29.0 Å². The lowest BCUT2D eigenvalue weighted by Crippen LogP contribution is -2.34. The first-order chi connectivity index (χ1) is 16.2. The van der Waals surface area contributed by atoms with Crippen molar-refractivity contribution in [3.63, 3.8) is 0 Å². The van der Waals surface area contributed by atoms with E-state index in [1.54, 1.807) is 30.9 Å². The molecule has 33 heavy (non-hydrogen) atoms. The van der Waals surface area contributed by atoms with Crippen molar-refractivity contribution in [1.82, 2.24) is 34.6 Å². The van der Waals surface area contributed by atoms with Crippen LogP contribution >= 0.6 is 22.6 Å². The van der Waals surface area contributed by atoms with E-state index in [1.807, 2.05) is 25.1 Å². The first kappa shape index (κ1) is 21.2. The number of rotatable bonds is 7. The molecule has 0 spiro atoms. The maximum Gasteiger partial charge on any atom is 0.280 e. The van der Waals surface area contributed by atoms with Crippen molar-refractivity contribution in [2.75, 3.05) is 10.7 Å². The Morgan fingerprint density at radius 3 is 2.79 bits per heavy atom. The number of nitrogens with one attached hydrogen (secondary N) is 3. The van der Waals surface area contributed by atoms with Crippen LogP contribution in [0.3, 0.4) is 0 Å². The first-order valence-electron chi connectivity index (χ1n) is 10.4. The number of pyridine rings is 1. The number of nitrogens with zero attached hydrogens (tertiary/aromatic N) is 6. The molecule has 0 amide bonds. The first-order valence-corrected chi connectivity index (χ1v) is 11.9. The lowest BCUT2D eigenvalue weighted by molar-refractivity contribution is 0.640. The van der Waals surface area contributed by atoms with E-state index in [1.165, 1.54) is 11.0 Å². The summed E-state index contributed by atoms with van der Waals surface area (Å²) in [6.07, 6.45) is 7.04. The molecule has 0 saturated heterocycles. The number of hydrogen-bond donors (Lipinski definition) is 3. The Hall–Kier alpha value is -3.61. The smallest absolute Gasteiger partial charge is 0.280 e. The molecule has 5 rings (SSSR count). The maximum absolute atomic E-state index is 13.7. The molecular weight excluding hydrogens is 533 g/mol. The third-order valence-electron chi connectivity index (χ3n) is 5.32. The van der Waals surface area contributed by atoms with Gasteiger partial charge in [-0.3, -0.25) is 15.2 Å². The minimum Gasteiger partial charge on any atom is -0.358 e. The Balaban J connectivity index is 1.68. The van der Waals surface area contributed by atoms with Gasteiger partial charge >= 0.3 is 0 Å². The molecule has 0 bridgehead atoms. The molecule has 0 radical (unpaired) electrons. The Morgan fingerprint density at radius 2 is 2.00 bits per heavy atom. The average molecular weight is 553 g/mol. The highest BCUT2D eigenvalue weighted by atomic mass is 127. The van der Waals surface area contributed by atoms with E-state index in [0.29, 0.717) is 44.6 Å². The molecule has 0 unspecified atom stereocenters. The van der Waals surface area contributed by atoms with Crippen molar-refractivity contribution in [3.05, 3.63) is 77.1 Å². The van der Waals surface area contributed by atoms with Gasteiger partial charge in [0.15, 0.2) is 17.3 Å². The van der Waals surface area contributed by atoms with Gasteiger partial charge in [0.1, 0.15) is 11.8 Å². The van der Waals surface area contributed by atoms with Crippen molar-refractivity contribution in [2.45, 2.75) is 23.8 Å². The molecule has 3 N–H and O–H groups in total. The van der Waals surface area contributed by atoms with Crippen molar-refractivity contribution < 1.29 is 0 Å². The van der Waals surface area contributed by atoms with Gasteiger partial charge in [-0.05, 0) is 30.2 Å². The quantitative estimate of drug-likeness (QED) is 0.205. The van der Waals surface area contributed by atoms with Crippen LogP contribution in [0.1, 0.15) is 30.8 Å². The lowest BCUT2D eigenvalue weighted by Gasteiger charge is -2.23. The van der Waals surface area contributed by atoms with Gasteiger partial charge in [0.2, 0.25) is 0 Å². The molecule has 0 aliphatic heterocycles. The summed E-state index contributed by atoms with van der Waals surface area (Å²) in [6.45, 7) is 2.02. The molecule has 4 aromatic heterocycles. The number of anilines is 2. The summed E-state index contributed by atoms with van der Waals surface area (Å²) in [5.41, 5.74) is 6.65. The van der Waals surface area contributed by atoms with Crippen LogP contribution in [0.25, 0.3) is 22.1 Å². The average Bonchev–Trinajstić information content (AvgIpc) is 3.34. The molecule has 1 aromatic carbocycles. The van der Waals surface area contributed by atoms with E-state index < -0.39 is 0 Å². The Labute approximate surface area is 202 Å². The van der Waals surface area contributed by atoms with E-state index >= 15 is 0 Å². The summed E-state index contributed by atoms with van der Waals surface area (Å²) in [5.74, 6) is 1.11. The lowest BCUT2D eigenvalue weighted by atomic mass is 10.1. The minimum atomic E-state index is -0.325. The normalized spacial score (nSPS) is 12.2. The van der Waals surface area contributed by atoms with Crippen LogP contribution in [0, 0.1) is 0 Å². The highest BCUT2D eigenvalue weighted by Gasteiger charge is 2.22. The Kier molecular flexibility index (Phi) is 5.86. The number of H-pyrrole nitrogens is 1.